The highest BCUT2D eigenvalue weighted by molar-refractivity contribution is 5.80. The fourth-order valence-corrected chi connectivity index (χ4v) is 2.28. The van der Waals surface area contributed by atoms with E-state index >= 15 is 0 Å². The Kier molecular flexibility index (Phi) is 2.65. The van der Waals surface area contributed by atoms with Crippen LogP contribution in [-0.2, 0) is 0 Å². The van der Waals surface area contributed by atoms with E-state index in [-0.39, 0.29) is 0 Å². The lowest BCUT2D eigenvalue weighted by Crippen LogP contribution is -2.43. The molecule has 3 nitrogen and oxygen atoms in total. The summed E-state index contributed by atoms with van der Waals surface area (Å²) in [5.74, 6) is 1.66. The van der Waals surface area contributed by atoms with Crippen LogP contribution < -0.4 is 5.73 Å². The predicted molar refractivity (Wildman–Crippen MR) is 63.8 cm³/mol. The molecule has 2 N–H and O–H groups in total. The second kappa shape index (κ2) is 3.69. The number of guanidine groups is 1. The third-order valence-electron chi connectivity index (χ3n) is 3.20. The molecule has 2 rings (SSSR count). The highest BCUT2D eigenvalue weighted by Gasteiger charge is 2.33. The van der Waals surface area contributed by atoms with Gasteiger partial charge in [-0.15, -0.1) is 0 Å². The zero-order chi connectivity index (χ0) is 11.1. The lowest BCUT2D eigenvalue weighted by atomic mass is 9.88. The van der Waals surface area contributed by atoms with Gasteiger partial charge in [-0.3, -0.25) is 4.99 Å². The van der Waals surface area contributed by atoms with Crippen LogP contribution in [0.2, 0.25) is 0 Å². The summed E-state index contributed by atoms with van der Waals surface area (Å²) < 4.78 is 0. The van der Waals surface area contributed by atoms with Crippen molar-refractivity contribution >= 4 is 5.96 Å². The van der Waals surface area contributed by atoms with Crippen LogP contribution >= 0.6 is 0 Å². The molecule has 0 aromatic heterocycles. The van der Waals surface area contributed by atoms with E-state index in [1.165, 1.54) is 19.3 Å². The molecule has 3 heteroatoms. The van der Waals surface area contributed by atoms with Crippen LogP contribution in [0.4, 0.5) is 0 Å². The summed E-state index contributed by atoms with van der Waals surface area (Å²) in [6.45, 7) is 8.90. The van der Waals surface area contributed by atoms with Crippen molar-refractivity contribution in [3.63, 3.8) is 0 Å². The molecule has 0 aromatic carbocycles. The Hall–Kier alpha value is -0.730. The molecular formula is C12H23N3. The Balaban J connectivity index is 1.93. The number of hydrogen-bond acceptors (Lipinski definition) is 3. The number of aliphatic imine (C=N–C) groups is 1. The minimum absolute atomic E-state index is 0.368. The van der Waals surface area contributed by atoms with Crippen molar-refractivity contribution in [1.29, 1.82) is 0 Å². The van der Waals surface area contributed by atoms with Gasteiger partial charge in [0.05, 0.1) is 12.6 Å². The van der Waals surface area contributed by atoms with Crippen molar-refractivity contribution in [2.75, 3.05) is 13.1 Å². The quantitative estimate of drug-likeness (QED) is 0.770. The molecule has 1 fully saturated rings. The molecule has 1 unspecified atom stereocenters. The summed E-state index contributed by atoms with van der Waals surface area (Å²) in [5, 5.41) is 0. The van der Waals surface area contributed by atoms with Crippen molar-refractivity contribution < 1.29 is 0 Å². The van der Waals surface area contributed by atoms with Crippen LogP contribution in [0, 0.1) is 11.3 Å². The van der Waals surface area contributed by atoms with Crippen LogP contribution in [0.3, 0.4) is 0 Å². The molecule has 1 aliphatic carbocycles. The van der Waals surface area contributed by atoms with Crippen molar-refractivity contribution in [3.8, 4) is 0 Å². The van der Waals surface area contributed by atoms with Gasteiger partial charge in [0.15, 0.2) is 5.96 Å². The SMILES string of the molecule is CC(C)(C)CC1CN=C(N)N1CC1CC1. The minimum Gasteiger partial charge on any atom is -0.370 e. The van der Waals surface area contributed by atoms with E-state index in [0.29, 0.717) is 11.5 Å². The van der Waals surface area contributed by atoms with Crippen LogP contribution in [0.5, 0.6) is 0 Å². The van der Waals surface area contributed by atoms with E-state index in [0.717, 1.165) is 25.0 Å². The molecule has 1 atom stereocenters. The molecule has 1 heterocycles. The van der Waals surface area contributed by atoms with E-state index in [1.54, 1.807) is 0 Å². The molecule has 0 spiro atoms. The van der Waals surface area contributed by atoms with Gasteiger partial charge in [-0.05, 0) is 30.6 Å². The van der Waals surface area contributed by atoms with Gasteiger partial charge in [-0.2, -0.15) is 0 Å². The van der Waals surface area contributed by atoms with Crippen molar-refractivity contribution in [3.05, 3.63) is 0 Å². The Bertz CT molecular complexity index is 261. The molecule has 1 saturated carbocycles. The van der Waals surface area contributed by atoms with Crippen LogP contribution in [0.15, 0.2) is 4.99 Å². The first-order chi connectivity index (χ1) is 6.96. The number of nitrogens with zero attached hydrogens (tertiary/aromatic N) is 2. The summed E-state index contributed by atoms with van der Waals surface area (Å²) >= 11 is 0. The average Bonchev–Trinajstić information content (AvgIpc) is 2.84. The average molecular weight is 209 g/mol. The molecule has 0 aromatic rings. The van der Waals surface area contributed by atoms with Gasteiger partial charge in [0.25, 0.3) is 0 Å². The largest absolute Gasteiger partial charge is 0.370 e. The first-order valence-corrected chi connectivity index (χ1v) is 6.02. The third-order valence-corrected chi connectivity index (χ3v) is 3.20. The number of nitrogens with two attached hydrogens (primary N) is 1. The van der Waals surface area contributed by atoms with E-state index < -0.39 is 0 Å². The van der Waals surface area contributed by atoms with E-state index in [9.17, 15) is 0 Å². The van der Waals surface area contributed by atoms with Gasteiger partial charge >= 0.3 is 0 Å². The fraction of sp³-hybridized carbons (Fsp3) is 0.917. The minimum atomic E-state index is 0.368. The first kappa shape index (κ1) is 10.8. The molecule has 15 heavy (non-hydrogen) atoms. The van der Waals surface area contributed by atoms with Gasteiger partial charge in [-0.1, -0.05) is 20.8 Å². The fourth-order valence-electron chi connectivity index (χ4n) is 2.28. The monoisotopic (exact) mass is 209 g/mol. The van der Waals surface area contributed by atoms with Crippen LogP contribution in [0.1, 0.15) is 40.0 Å². The molecular weight excluding hydrogens is 186 g/mol. The zero-order valence-electron chi connectivity index (χ0n) is 10.2. The van der Waals surface area contributed by atoms with Crippen LogP contribution in [0.25, 0.3) is 0 Å². The van der Waals surface area contributed by atoms with Crippen molar-refractivity contribution in [2.45, 2.75) is 46.1 Å². The van der Waals surface area contributed by atoms with Gasteiger partial charge < -0.3 is 10.6 Å². The van der Waals surface area contributed by atoms with E-state index in [4.69, 9.17) is 5.73 Å². The smallest absolute Gasteiger partial charge is 0.191 e. The molecule has 0 radical (unpaired) electrons. The molecule has 2 aliphatic rings. The summed E-state index contributed by atoms with van der Waals surface area (Å²) in [7, 11) is 0. The molecule has 0 saturated heterocycles. The molecule has 1 aliphatic heterocycles. The first-order valence-electron chi connectivity index (χ1n) is 6.02. The number of hydrogen-bond donors (Lipinski definition) is 1. The van der Waals surface area contributed by atoms with Crippen molar-refractivity contribution in [1.82, 2.24) is 4.90 Å². The second-order valence-electron chi connectivity index (χ2n) is 6.21. The topological polar surface area (TPSA) is 41.6 Å². The maximum Gasteiger partial charge on any atom is 0.191 e. The summed E-state index contributed by atoms with van der Waals surface area (Å²) in [6, 6.07) is 0.547. The maximum atomic E-state index is 5.94. The van der Waals surface area contributed by atoms with Gasteiger partial charge in [0.2, 0.25) is 0 Å². The van der Waals surface area contributed by atoms with Gasteiger partial charge in [0, 0.05) is 6.54 Å². The molecule has 0 amide bonds. The van der Waals surface area contributed by atoms with Gasteiger partial charge in [0.1, 0.15) is 0 Å². The highest BCUT2D eigenvalue weighted by Crippen LogP contribution is 2.33. The van der Waals surface area contributed by atoms with Crippen molar-refractivity contribution in [2.24, 2.45) is 22.1 Å². The summed E-state index contributed by atoms with van der Waals surface area (Å²) in [6.07, 6.45) is 3.95. The lowest BCUT2D eigenvalue weighted by Gasteiger charge is -2.31. The second-order valence-corrected chi connectivity index (χ2v) is 6.21. The third kappa shape index (κ3) is 2.86. The Morgan fingerprint density at radius 3 is 2.60 bits per heavy atom. The summed E-state index contributed by atoms with van der Waals surface area (Å²) in [4.78, 5) is 6.72. The maximum absolute atomic E-state index is 5.94. The van der Waals surface area contributed by atoms with Crippen LogP contribution in [-0.4, -0.2) is 30.0 Å². The summed E-state index contributed by atoms with van der Waals surface area (Å²) in [5.41, 5.74) is 6.31. The highest BCUT2D eigenvalue weighted by atomic mass is 15.3. The van der Waals surface area contributed by atoms with E-state index in [2.05, 4.69) is 30.7 Å². The Morgan fingerprint density at radius 2 is 2.07 bits per heavy atom. The normalized spacial score (nSPS) is 27.0. The standard InChI is InChI=1S/C12H23N3/c1-12(2,3)6-10-7-14-11(13)15(10)8-9-4-5-9/h9-10H,4-8H2,1-3H3,(H2,13,14). The Morgan fingerprint density at radius 1 is 1.40 bits per heavy atom. The molecule has 86 valence electrons. The lowest BCUT2D eigenvalue weighted by molar-refractivity contribution is 0.236. The predicted octanol–water partition coefficient (Wildman–Crippen LogP) is 1.83. The zero-order valence-corrected chi connectivity index (χ0v) is 10.2. The molecule has 0 bridgehead atoms. The van der Waals surface area contributed by atoms with Gasteiger partial charge in [-0.25, -0.2) is 0 Å². The number of rotatable bonds is 3. The van der Waals surface area contributed by atoms with E-state index in [1.807, 2.05) is 0 Å². The Labute approximate surface area is 92.7 Å².